The van der Waals surface area contributed by atoms with Crippen LogP contribution in [-0.4, -0.2) is 36.6 Å². The highest BCUT2D eigenvalue weighted by atomic mass is 35.5. The molecule has 3 saturated carbocycles. The lowest BCUT2D eigenvalue weighted by molar-refractivity contribution is -0.141. The topological polar surface area (TPSA) is 76.7 Å². The van der Waals surface area contributed by atoms with Gasteiger partial charge in [-0.05, 0) is 43.0 Å². The molecule has 2 amide bonds. The Hall–Kier alpha value is -2.64. The van der Waals surface area contributed by atoms with Crippen LogP contribution in [0.4, 0.5) is 4.39 Å². The van der Waals surface area contributed by atoms with E-state index in [9.17, 15) is 14.0 Å². The molecule has 2 bridgehead atoms. The molecule has 2 N–H and O–H groups in total. The fraction of sp³-hybridized carbons (Fsp3) is 0.364. The van der Waals surface area contributed by atoms with E-state index in [1.165, 1.54) is 12.1 Å². The third kappa shape index (κ3) is 4.00. The van der Waals surface area contributed by atoms with Crippen molar-refractivity contribution < 1.29 is 23.5 Å². The van der Waals surface area contributed by atoms with Crippen LogP contribution in [0.5, 0.6) is 5.75 Å². The van der Waals surface area contributed by atoms with E-state index in [0.29, 0.717) is 31.4 Å². The SMILES string of the molecule is COCc1ccccc1C(=O)NC12CC(NC(=O)COc3ccc(Cl)c(F)c3)(C1)C2. The molecule has 30 heavy (non-hydrogen) atoms. The number of amides is 2. The van der Waals surface area contributed by atoms with Crippen molar-refractivity contribution in [3.8, 4) is 5.75 Å². The van der Waals surface area contributed by atoms with Crippen LogP contribution >= 0.6 is 11.6 Å². The molecule has 0 saturated heterocycles. The number of carbonyl (C=O) groups is 2. The van der Waals surface area contributed by atoms with Crippen LogP contribution in [0.1, 0.15) is 35.2 Å². The molecule has 0 heterocycles. The molecule has 0 spiro atoms. The van der Waals surface area contributed by atoms with E-state index in [1.807, 2.05) is 18.2 Å². The van der Waals surface area contributed by atoms with E-state index >= 15 is 0 Å². The summed E-state index contributed by atoms with van der Waals surface area (Å²) >= 11 is 5.63. The van der Waals surface area contributed by atoms with Gasteiger partial charge in [0.05, 0.1) is 11.6 Å². The van der Waals surface area contributed by atoms with E-state index < -0.39 is 5.82 Å². The first-order valence-corrected chi connectivity index (χ1v) is 10.00. The van der Waals surface area contributed by atoms with Gasteiger partial charge in [-0.25, -0.2) is 4.39 Å². The summed E-state index contributed by atoms with van der Waals surface area (Å²) in [5.74, 6) is -0.771. The summed E-state index contributed by atoms with van der Waals surface area (Å²) < 4.78 is 23.9. The summed E-state index contributed by atoms with van der Waals surface area (Å²) in [6.07, 6.45) is 2.04. The van der Waals surface area contributed by atoms with Crippen LogP contribution in [0, 0.1) is 5.82 Å². The van der Waals surface area contributed by atoms with Gasteiger partial charge in [0.25, 0.3) is 11.8 Å². The van der Waals surface area contributed by atoms with E-state index in [4.69, 9.17) is 21.1 Å². The van der Waals surface area contributed by atoms with Crippen molar-refractivity contribution in [2.75, 3.05) is 13.7 Å². The minimum absolute atomic E-state index is 0.00198. The molecule has 6 nitrogen and oxygen atoms in total. The summed E-state index contributed by atoms with van der Waals surface area (Å²) in [5, 5.41) is 6.08. The number of benzene rings is 2. The molecular weight excluding hydrogens is 411 g/mol. The second-order valence-electron chi connectivity index (χ2n) is 8.05. The van der Waals surface area contributed by atoms with Gasteiger partial charge >= 0.3 is 0 Å². The number of halogens is 2. The van der Waals surface area contributed by atoms with Gasteiger partial charge < -0.3 is 20.1 Å². The van der Waals surface area contributed by atoms with Gasteiger partial charge in [0, 0.05) is 29.8 Å². The standard InChI is InChI=1S/C22H22ClFN2O4/c1-29-9-14-4-2-3-5-16(14)20(28)26-22-11-21(12-22,13-22)25-19(27)10-30-15-6-7-17(23)18(24)8-15/h2-8H,9-13H2,1H3,(H,25,27)(H,26,28). The summed E-state index contributed by atoms with van der Waals surface area (Å²) in [6.45, 7) is 0.153. The Kier molecular flexibility index (Phi) is 5.42. The normalized spacial score (nSPS) is 23.7. The molecule has 3 aliphatic rings. The predicted molar refractivity (Wildman–Crippen MR) is 109 cm³/mol. The van der Waals surface area contributed by atoms with E-state index in [-0.39, 0.29) is 40.3 Å². The molecule has 2 aromatic carbocycles. The summed E-state index contributed by atoms with van der Waals surface area (Å²) in [4.78, 5) is 24.9. The maximum atomic E-state index is 13.4. The molecule has 0 aromatic heterocycles. The molecule has 3 aliphatic carbocycles. The summed E-state index contributed by atoms with van der Waals surface area (Å²) in [7, 11) is 1.59. The highest BCUT2D eigenvalue weighted by molar-refractivity contribution is 6.30. The van der Waals surface area contributed by atoms with E-state index in [1.54, 1.807) is 13.2 Å². The number of rotatable bonds is 8. The molecule has 8 heteroatoms. The average Bonchev–Trinajstić information content (AvgIpc) is 2.67. The quantitative estimate of drug-likeness (QED) is 0.671. The maximum absolute atomic E-state index is 13.4. The van der Waals surface area contributed by atoms with Crippen LogP contribution in [0.2, 0.25) is 5.02 Å². The minimum Gasteiger partial charge on any atom is -0.484 e. The lowest BCUT2D eigenvalue weighted by Crippen LogP contribution is -2.84. The van der Waals surface area contributed by atoms with E-state index in [0.717, 1.165) is 11.6 Å². The van der Waals surface area contributed by atoms with Gasteiger partial charge in [-0.1, -0.05) is 29.8 Å². The Morgan fingerprint density at radius 2 is 1.80 bits per heavy atom. The molecule has 3 fully saturated rings. The smallest absolute Gasteiger partial charge is 0.258 e. The Bertz CT molecular complexity index is 977. The second kappa shape index (κ2) is 7.89. The highest BCUT2D eigenvalue weighted by Gasteiger charge is 2.69. The predicted octanol–water partition coefficient (Wildman–Crippen LogP) is 3.23. The largest absolute Gasteiger partial charge is 0.484 e. The number of hydrogen-bond acceptors (Lipinski definition) is 4. The molecule has 0 aliphatic heterocycles. The first kappa shape index (κ1) is 20.6. The van der Waals surface area contributed by atoms with E-state index in [2.05, 4.69) is 10.6 Å². The fourth-order valence-electron chi connectivity index (χ4n) is 4.43. The van der Waals surface area contributed by atoms with Crippen molar-refractivity contribution in [1.29, 1.82) is 0 Å². The Balaban J connectivity index is 1.26. The van der Waals surface area contributed by atoms with Gasteiger partial charge in [-0.3, -0.25) is 9.59 Å². The lowest BCUT2D eigenvalue weighted by atomic mass is 9.44. The fourth-order valence-corrected chi connectivity index (χ4v) is 4.55. The number of hydrogen-bond donors (Lipinski definition) is 2. The van der Waals surface area contributed by atoms with Gasteiger partial charge in [0.1, 0.15) is 11.6 Å². The summed E-state index contributed by atoms with van der Waals surface area (Å²) in [6, 6.07) is 11.4. The molecule has 0 radical (unpaired) electrons. The van der Waals surface area contributed by atoms with Crippen molar-refractivity contribution >= 4 is 23.4 Å². The van der Waals surface area contributed by atoms with Crippen molar-refractivity contribution in [2.45, 2.75) is 36.9 Å². The minimum atomic E-state index is -0.598. The Morgan fingerprint density at radius 3 is 2.50 bits per heavy atom. The average molecular weight is 433 g/mol. The van der Waals surface area contributed by atoms with Crippen LogP contribution in [0.15, 0.2) is 42.5 Å². The molecule has 2 aromatic rings. The molecule has 5 rings (SSSR count). The number of ether oxygens (including phenoxy) is 2. The molecule has 158 valence electrons. The molecule has 0 unspecified atom stereocenters. The lowest BCUT2D eigenvalue weighted by Gasteiger charge is -2.70. The zero-order chi connectivity index (χ0) is 21.4. The first-order chi connectivity index (χ1) is 14.3. The third-order valence-corrected chi connectivity index (χ3v) is 5.94. The van der Waals surface area contributed by atoms with Gasteiger partial charge in [-0.2, -0.15) is 0 Å². The number of nitrogens with one attached hydrogen (secondary N) is 2. The monoisotopic (exact) mass is 432 g/mol. The van der Waals surface area contributed by atoms with Gasteiger partial charge in [0.2, 0.25) is 0 Å². The van der Waals surface area contributed by atoms with Gasteiger partial charge in [0.15, 0.2) is 6.61 Å². The van der Waals surface area contributed by atoms with Crippen LogP contribution < -0.4 is 15.4 Å². The number of carbonyl (C=O) groups excluding carboxylic acids is 2. The van der Waals surface area contributed by atoms with Crippen molar-refractivity contribution in [2.24, 2.45) is 0 Å². The zero-order valence-corrected chi connectivity index (χ0v) is 17.2. The molecular formula is C22H22ClFN2O4. The van der Waals surface area contributed by atoms with Crippen LogP contribution in [0.3, 0.4) is 0 Å². The number of methoxy groups -OCH3 is 1. The third-order valence-electron chi connectivity index (χ3n) is 5.64. The highest BCUT2D eigenvalue weighted by Crippen LogP contribution is 2.60. The van der Waals surface area contributed by atoms with Crippen molar-refractivity contribution in [3.63, 3.8) is 0 Å². The Labute approximate surface area is 178 Å². The van der Waals surface area contributed by atoms with Crippen LogP contribution in [-0.2, 0) is 16.1 Å². The van der Waals surface area contributed by atoms with Crippen LogP contribution in [0.25, 0.3) is 0 Å². The van der Waals surface area contributed by atoms with Gasteiger partial charge in [-0.15, -0.1) is 0 Å². The zero-order valence-electron chi connectivity index (χ0n) is 16.5. The van der Waals surface area contributed by atoms with Crippen molar-refractivity contribution in [3.05, 3.63) is 64.4 Å². The van der Waals surface area contributed by atoms with Crippen molar-refractivity contribution in [1.82, 2.24) is 10.6 Å². The molecule has 0 atom stereocenters. The Morgan fingerprint density at radius 1 is 1.10 bits per heavy atom. The first-order valence-electron chi connectivity index (χ1n) is 9.62. The summed E-state index contributed by atoms with van der Waals surface area (Å²) in [5.41, 5.74) is 0.865. The second-order valence-corrected chi connectivity index (χ2v) is 8.46. The maximum Gasteiger partial charge on any atom is 0.258 e.